The first-order valence-corrected chi connectivity index (χ1v) is 7.42. The number of carbonyl (C=O) groups is 1. The topological polar surface area (TPSA) is 89.8 Å². The van der Waals surface area contributed by atoms with Crippen LogP contribution in [0.5, 0.6) is 0 Å². The Labute approximate surface area is 121 Å². The van der Waals surface area contributed by atoms with E-state index in [-0.39, 0.29) is 17.2 Å². The van der Waals surface area contributed by atoms with E-state index in [0.29, 0.717) is 5.92 Å². The third kappa shape index (κ3) is 4.17. The van der Waals surface area contributed by atoms with Gasteiger partial charge in [-0.25, -0.2) is 0 Å². The van der Waals surface area contributed by atoms with Gasteiger partial charge in [-0.2, -0.15) is 0 Å². The molecule has 0 spiro atoms. The summed E-state index contributed by atoms with van der Waals surface area (Å²) in [5.41, 5.74) is -1.04. The molecule has 5 nitrogen and oxygen atoms in total. The van der Waals surface area contributed by atoms with Gasteiger partial charge in [-0.1, -0.05) is 20.8 Å². The molecular weight excluding hydrogens is 258 g/mol. The van der Waals surface area contributed by atoms with Crippen molar-refractivity contribution in [3.05, 3.63) is 0 Å². The van der Waals surface area contributed by atoms with E-state index in [2.05, 4.69) is 26.1 Å². The van der Waals surface area contributed by atoms with Gasteiger partial charge in [0.1, 0.15) is 5.54 Å². The highest BCUT2D eigenvalue weighted by atomic mass is 16.3. The second-order valence-electron chi connectivity index (χ2n) is 7.16. The molecule has 1 fully saturated rings. The summed E-state index contributed by atoms with van der Waals surface area (Å²) in [4.78, 5) is 12.2. The van der Waals surface area contributed by atoms with E-state index < -0.39 is 25.4 Å². The zero-order valence-corrected chi connectivity index (χ0v) is 12.9. The van der Waals surface area contributed by atoms with Crippen molar-refractivity contribution in [3.8, 4) is 0 Å². The van der Waals surface area contributed by atoms with Crippen molar-refractivity contribution in [1.29, 1.82) is 0 Å². The summed E-state index contributed by atoms with van der Waals surface area (Å²) in [5.74, 6) is 0.372. The Hall–Kier alpha value is -0.650. The number of rotatable bonds is 5. The van der Waals surface area contributed by atoms with Gasteiger partial charge in [0.15, 0.2) is 0 Å². The van der Waals surface area contributed by atoms with E-state index in [9.17, 15) is 20.1 Å². The average Bonchev–Trinajstić information content (AvgIpc) is 2.44. The molecule has 0 bridgehead atoms. The van der Waals surface area contributed by atoms with Gasteiger partial charge in [0.05, 0.1) is 19.8 Å². The quantitative estimate of drug-likeness (QED) is 0.598. The highest BCUT2D eigenvalue weighted by molar-refractivity contribution is 5.79. The molecule has 1 aliphatic rings. The second kappa shape index (κ2) is 6.87. The molecule has 5 heteroatoms. The van der Waals surface area contributed by atoms with Crippen molar-refractivity contribution < 1.29 is 20.1 Å². The zero-order chi connectivity index (χ0) is 15.4. The van der Waals surface area contributed by atoms with E-state index in [0.717, 1.165) is 25.7 Å². The maximum Gasteiger partial charge on any atom is 0.223 e. The van der Waals surface area contributed by atoms with Crippen molar-refractivity contribution in [3.63, 3.8) is 0 Å². The van der Waals surface area contributed by atoms with Crippen LogP contribution in [0, 0.1) is 17.3 Å². The molecule has 1 amide bonds. The lowest BCUT2D eigenvalue weighted by Gasteiger charge is -2.38. The van der Waals surface area contributed by atoms with Crippen LogP contribution in [0.4, 0.5) is 0 Å². The van der Waals surface area contributed by atoms with E-state index in [4.69, 9.17) is 0 Å². The van der Waals surface area contributed by atoms with Crippen LogP contribution in [-0.2, 0) is 4.79 Å². The van der Waals surface area contributed by atoms with Crippen molar-refractivity contribution in [2.45, 2.75) is 52.0 Å². The molecule has 1 aliphatic carbocycles. The molecule has 0 unspecified atom stereocenters. The van der Waals surface area contributed by atoms with Crippen LogP contribution in [0.25, 0.3) is 0 Å². The van der Waals surface area contributed by atoms with Gasteiger partial charge in [-0.05, 0) is 37.0 Å². The standard InChI is InChI=1S/C15H29NO4/c1-14(2,3)12-6-4-11(5-7-12)13(20)16-15(8-17,9-18)10-19/h11-12,17-19H,4-10H2,1-3H3,(H,16,20). The molecule has 118 valence electrons. The Morgan fingerprint density at radius 2 is 1.45 bits per heavy atom. The van der Waals surface area contributed by atoms with Crippen molar-refractivity contribution in [2.75, 3.05) is 19.8 Å². The third-order valence-electron chi connectivity index (χ3n) is 4.62. The van der Waals surface area contributed by atoms with Crippen LogP contribution in [0.2, 0.25) is 0 Å². The Balaban J connectivity index is 2.55. The third-order valence-corrected chi connectivity index (χ3v) is 4.62. The van der Waals surface area contributed by atoms with Crippen molar-refractivity contribution >= 4 is 5.91 Å². The number of aliphatic hydroxyl groups is 3. The van der Waals surface area contributed by atoms with Crippen molar-refractivity contribution in [1.82, 2.24) is 5.32 Å². The smallest absolute Gasteiger partial charge is 0.223 e. The fourth-order valence-electron chi connectivity index (χ4n) is 2.85. The maximum absolute atomic E-state index is 12.2. The summed E-state index contributed by atoms with van der Waals surface area (Å²) in [5, 5.41) is 30.3. The lowest BCUT2D eigenvalue weighted by Crippen LogP contribution is -2.58. The Kier molecular flexibility index (Phi) is 5.98. The van der Waals surface area contributed by atoms with Gasteiger partial charge >= 0.3 is 0 Å². The normalized spacial score (nSPS) is 24.5. The number of hydrogen-bond acceptors (Lipinski definition) is 4. The molecule has 0 aliphatic heterocycles. The molecule has 0 radical (unpaired) electrons. The van der Waals surface area contributed by atoms with Crippen LogP contribution in [-0.4, -0.2) is 46.6 Å². The number of aliphatic hydroxyl groups excluding tert-OH is 3. The molecule has 0 heterocycles. The fraction of sp³-hybridized carbons (Fsp3) is 0.933. The number of amides is 1. The van der Waals surface area contributed by atoms with E-state index in [1.807, 2.05) is 0 Å². The Morgan fingerprint density at radius 3 is 1.80 bits per heavy atom. The number of nitrogens with one attached hydrogen (secondary N) is 1. The Morgan fingerprint density at radius 1 is 1.00 bits per heavy atom. The minimum Gasteiger partial charge on any atom is -0.394 e. The highest BCUT2D eigenvalue weighted by Gasteiger charge is 2.36. The first-order valence-electron chi connectivity index (χ1n) is 7.42. The fourth-order valence-corrected chi connectivity index (χ4v) is 2.85. The van der Waals surface area contributed by atoms with Crippen LogP contribution in [0.15, 0.2) is 0 Å². The maximum atomic E-state index is 12.2. The monoisotopic (exact) mass is 287 g/mol. The van der Waals surface area contributed by atoms with Gasteiger partial charge < -0.3 is 20.6 Å². The highest BCUT2D eigenvalue weighted by Crippen LogP contribution is 2.39. The summed E-state index contributed by atoms with van der Waals surface area (Å²) in [7, 11) is 0. The second-order valence-corrected chi connectivity index (χ2v) is 7.16. The summed E-state index contributed by atoms with van der Waals surface area (Å²) in [6.07, 6.45) is 3.69. The molecular formula is C15H29NO4. The first-order chi connectivity index (χ1) is 9.28. The molecule has 0 atom stereocenters. The summed E-state index contributed by atoms with van der Waals surface area (Å²) in [6.45, 7) is 5.28. The molecule has 0 aromatic carbocycles. The Bertz CT molecular complexity index is 304. The van der Waals surface area contributed by atoms with E-state index in [1.54, 1.807) is 0 Å². The van der Waals surface area contributed by atoms with Gasteiger partial charge in [-0.3, -0.25) is 4.79 Å². The van der Waals surface area contributed by atoms with Crippen LogP contribution < -0.4 is 5.32 Å². The van der Waals surface area contributed by atoms with Crippen LogP contribution in [0.1, 0.15) is 46.5 Å². The number of hydrogen-bond donors (Lipinski definition) is 4. The van der Waals surface area contributed by atoms with Gasteiger partial charge in [0, 0.05) is 5.92 Å². The van der Waals surface area contributed by atoms with Gasteiger partial charge in [0.25, 0.3) is 0 Å². The summed E-state index contributed by atoms with van der Waals surface area (Å²) in [6, 6.07) is 0. The molecule has 0 aromatic rings. The zero-order valence-electron chi connectivity index (χ0n) is 12.9. The molecule has 1 rings (SSSR count). The largest absolute Gasteiger partial charge is 0.394 e. The van der Waals surface area contributed by atoms with Crippen molar-refractivity contribution in [2.24, 2.45) is 17.3 Å². The van der Waals surface area contributed by atoms with Gasteiger partial charge in [-0.15, -0.1) is 0 Å². The van der Waals surface area contributed by atoms with E-state index >= 15 is 0 Å². The average molecular weight is 287 g/mol. The molecule has 0 saturated heterocycles. The van der Waals surface area contributed by atoms with E-state index in [1.165, 1.54) is 0 Å². The van der Waals surface area contributed by atoms with Crippen LogP contribution >= 0.6 is 0 Å². The van der Waals surface area contributed by atoms with Gasteiger partial charge in [0.2, 0.25) is 5.91 Å². The number of carbonyl (C=O) groups excluding carboxylic acids is 1. The molecule has 4 N–H and O–H groups in total. The minimum atomic E-state index is -1.31. The first kappa shape index (κ1) is 17.4. The SMILES string of the molecule is CC(C)(C)C1CCC(C(=O)NC(CO)(CO)CO)CC1. The molecule has 20 heavy (non-hydrogen) atoms. The predicted octanol–water partition coefficient (Wildman–Crippen LogP) is 0.671. The predicted molar refractivity (Wildman–Crippen MR) is 77.0 cm³/mol. The molecule has 1 saturated carbocycles. The lowest BCUT2D eigenvalue weighted by molar-refractivity contribution is -0.131. The lowest BCUT2D eigenvalue weighted by atomic mass is 9.69. The van der Waals surface area contributed by atoms with Crippen LogP contribution in [0.3, 0.4) is 0 Å². The molecule has 0 aromatic heterocycles. The summed E-state index contributed by atoms with van der Waals surface area (Å²) < 4.78 is 0. The summed E-state index contributed by atoms with van der Waals surface area (Å²) >= 11 is 0. The minimum absolute atomic E-state index is 0.0855.